The zero-order valence-electron chi connectivity index (χ0n) is 14.5. The lowest BCUT2D eigenvalue weighted by molar-refractivity contribution is 0.260. The molecule has 0 unspecified atom stereocenters. The molecule has 7 heteroatoms. The zero-order valence-corrected chi connectivity index (χ0v) is 16.1. The van der Waals surface area contributed by atoms with Gasteiger partial charge in [0, 0.05) is 49.6 Å². The van der Waals surface area contributed by atoms with Crippen LogP contribution in [0.1, 0.15) is 5.56 Å². The third-order valence-corrected chi connectivity index (χ3v) is 5.23. The van der Waals surface area contributed by atoms with Crippen molar-refractivity contribution in [2.45, 2.75) is 6.42 Å². The number of nitrogens with zero attached hydrogens (tertiary/aromatic N) is 6. The summed E-state index contributed by atoms with van der Waals surface area (Å²) in [6.45, 7) is 5.17. The van der Waals surface area contributed by atoms with E-state index >= 15 is 0 Å². The monoisotopic (exact) mass is 412 g/mol. The lowest BCUT2D eigenvalue weighted by Crippen LogP contribution is -2.47. The van der Waals surface area contributed by atoms with Crippen molar-refractivity contribution >= 4 is 21.7 Å². The number of aromatic nitrogens is 4. The van der Waals surface area contributed by atoms with Crippen LogP contribution < -0.4 is 4.90 Å². The molecule has 6 nitrogen and oxygen atoms in total. The van der Waals surface area contributed by atoms with Crippen LogP contribution >= 0.6 is 15.9 Å². The van der Waals surface area contributed by atoms with Gasteiger partial charge in [0.1, 0.15) is 0 Å². The molecule has 1 fully saturated rings. The molecule has 0 atom stereocenters. The maximum Gasteiger partial charge on any atom is 0.175 e. The van der Waals surface area contributed by atoms with Crippen LogP contribution in [0.4, 0.5) is 5.82 Å². The molecule has 0 N–H and O–H groups in total. The molecule has 26 heavy (non-hydrogen) atoms. The van der Waals surface area contributed by atoms with Crippen LogP contribution in [-0.4, -0.2) is 57.6 Å². The highest BCUT2D eigenvalue weighted by Gasteiger charge is 2.18. The van der Waals surface area contributed by atoms with Crippen molar-refractivity contribution in [2.24, 2.45) is 0 Å². The maximum atomic E-state index is 4.38. The number of piperazine rings is 1. The third-order valence-electron chi connectivity index (χ3n) is 4.70. The minimum Gasteiger partial charge on any atom is -0.353 e. The molecule has 3 heterocycles. The van der Waals surface area contributed by atoms with Gasteiger partial charge in [0.15, 0.2) is 11.6 Å². The summed E-state index contributed by atoms with van der Waals surface area (Å²) in [5.41, 5.74) is 1.38. The van der Waals surface area contributed by atoms with Crippen molar-refractivity contribution in [3.63, 3.8) is 0 Å². The molecule has 0 spiro atoms. The van der Waals surface area contributed by atoms with Crippen LogP contribution in [0.3, 0.4) is 0 Å². The molecule has 0 aliphatic carbocycles. The fourth-order valence-electron chi connectivity index (χ4n) is 3.15. The highest BCUT2D eigenvalue weighted by atomic mass is 79.9. The average molecular weight is 413 g/mol. The fraction of sp³-hybridized carbons (Fsp3) is 0.316. The Hall–Kier alpha value is -2.25. The van der Waals surface area contributed by atoms with Crippen LogP contribution in [0.15, 0.2) is 59.3 Å². The normalized spacial score (nSPS) is 15.3. The largest absolute Gasteiger partial charge is 0.353 e. The molecule has 1 saturated heterocycles. The Kier molecular flexibility index (Phi) is 5.26. The Morgan fingerprint density at radius 3 is 2.27 bits per heavy atom. The molecule has 1 aliphatic heterocycles. The second-order valence-electron chi connectivity index (χ2n) is 6.41. The molecule has 1 aromatic carbocycles. The van der Waals surface area contributed by atoms with E-state index in [4.69, 9.17) is 0 Å². The van der Waals surface area contributed by atoms with E-state index in [0.29, 0.717) is 0 Å². The standard InChI is InChI=1S/C19H21BrN6/c20-17-4-2-16(3-5-17)8-11-24-12-14-25(15-13-24)18-6-7-19(23-22-18)26-10-1-9-21-26/h1-7,9-10H,8,11-15H2. The number of rotatable bonds is 5. The molecule has 0 amide bonds. The lowest BCUT2D eigenvalue weighted by Gasteiger charge is -2.35. The summed E-state index contributed by atoms with van der Waals surface area (Å²) in [5.74, 6) is 1.68. The highest BCUT2D eigenvalue weighted by Crippen LogP contribution is 2.15. The first-order valence-electron chi connectivity index (χ1n) is 8.83. The van der Waals surface area contributed by atoms with Crippen molar-refractivity contribution < 1.29 is 0 Å². The summed E-state index contributed by atoms with van der Waals surface area (Å²) < 4.78 is 2.85. The summed E-state index contributed by atoms with van der Waals surface area (Å²) in [6.07, 6.45) is 4.70. The van der Waals surface area contributed by atoms with Crippen molar-refractivity contribution in [3.05, 3.63) is 64.9 Å². The van der Waals surface area contributed by atoms with Gasteiger partial charge in [0.05, 0.1) is 0 Å². The predicted molar refractivity (Wildman–Crippen MR) is 106 cm³/mol. The van der Waals surface area contributed by atoms with Gasteiger partial charge in [-0.05, 0) is 42.3 Å². The Labute approximate surface area is 161 Å². The predicted octanol–water partition coefficient (Wildman–Crippen LogP) is 2.79. The van der Waals surface area contributed by atoms with Crippen molar-refractivity contribution in [2.75, 3.05) is 37.6 Å². The third kappa shape index (κ3) is 4.11. The van der Waals surface area contributed by atoms with Crippen LogP contribution in [0.5, 0.6) is 0 Å². The molecule has 0 radical (unpaired) electrons. The van der Waals surface area contributed by atoms with Gasteiger partial charge in [-0.2, -0.15) is 5.10 Å². The Balaban J connectivity index is 1.28. The molecule has 134 valence electrons. The van der Waals surface area contributed by atoms with Crippen LogP contribution in [0, 0.1) is 0 Å². The summed E-state index contributed by atoms with van der Waals surface area (Å²) in [4.78, 5) is 4.82. The second kappa shape index (κ2) is 7.97. The number of hydrogen-bond donors (Lipinski definition) is 0. The van der Waals surface area contributed by atoms with Gasteiger partial charge in [0.25, 0.3) is 0 Å². The lowest BCUT2D eigenvalue weighted by atomic mass is 10.1. The van der Waals surface area contributed by atoms with Crippen LogP contribution in [0.2, 0.25) is 0 Å². The smallest absolute Gasteiger partial charge is 0.175 e. The Morgan fingerprint density at radius 1 is 0.885 bits per heavy atom. The second-order valence-corrected chi connectivity index (χ2v) is 7.32. The Morgan fingerprint density at radius 2 is 1.62 bits per heavy atom. The molecule has 1 aliphatic rings. The molecular weight excluding hydrogens is 392 g/mol. The zero-order chi connectivity index (χ0) is 17.8. The molecular formula is C19H21BrN6. The summed E-state index contributed by atoms with van der Waals surface area (Å²) in [6, 6.07) is 14.5. The van der Waals surface area contributed by atoms with Crippen LogP contribution in [-0.2, 0) is 6.42 Å². The van der Waals surface area contributed by atoms with Gasteiger partial charge < -0.3 is 4.90 Å². The summed E-state index contributed by atoms with van der Waals surface area (Å²) in [5, 5.41) is 12.8. The molecule has 0 saturated carbocycles. The molecule has 0 bridgehead atoms. The van der Waals surface area contributed by atoms with Crippen molar-refractivity contribution in [1.29, 1.82) is 0 Å². The number of anilines is 1. The maximum absolute atomic E-state index is 4.38. The molecule has 2 aromatic heterocycles. The minimum absolute atomic E-state index is 0.742. The molecule has 3 aromatic rings. The van der Waals surface area contributed by atoms with Crippen molar-refractivity contribution in [3.8, 4) is 5.82 Å². The quantitative estimate of drug-likeness (QED) is 0.644. The minimum atomic E-state index is 0.742. The van der Waals surface area contributed by atoms with Gasteiger partial charge >= 0.3 is 0 Å². The van der Waals surface area contributed by atoms with E-state index in [0.717, 1.165) is 55.3 Å². The number of halogens is 1. The van der Waals surface area contributed by atoms with E-state index in [1.807, 2.05) is 24.4 Å². The van der Waals surface area contributed by atoms with Gasteiger partial charge in [-0.3, -0.25) is 4.90 Å². The van der Waals surface area contributed by atoms with E-state index in [1.54, 1.807) is 10.9 Å². The SMILES string of the molecule is Brc1ccc(CCN2CCN(c3ccc(-n4cccn4)nn3)CC2)cc1. The van der Waals surface area contributed by atoms with Gasteiger partial charge in [0.2, 0.25) is 0 Å². The summed E-state index contributed by atoms with van der Waals surface area (Å²) >= 11 is 3.49. The van der Waals surface area contributed by atoms with E-state index in [2.05, 4.69) is 65.3 Å². The first kappa shape index (κ1) is 17.2. The topological polar surface area (TPSA) is 50.1 Å². The summed E-state index contributed by atoms with van der Waals surface area (Å²) in [7, 11) is 0. The van der Waals surface area contributed by atoms with Gasteiger partial charge in [-0.15, -0.1) is 10.2 Å². The Bertz CT molecular complexity index is 808. The first-order valence-corrected chi connectivity index (χ1v) is 9.63. The highest BCUT2D eigenvalue weighted by molar-refractivity contribution is 9.10. The first-order chi connectivity index (χ1) is 12.8. The average Bonchev–Trinajstić information content (AvgIpc) is 3.23. The molecule has 4 rings (SSSR count). The van der Waals surface area contributed by atoms with Crippen LogP contribution in [0.25, 0.3) is 5.82 Å². The van der Waals surface area contributed by atoms with Crippen molar-refractivity contribution in [1.82, 2.24) is 24.9 Å². The van der Waals surface area contributed by atoms with E-state index in [-0.39, 0.29) is 0 Å². The van der Waals surface area contributed by atoms with Gasteiger partial charge in [-0.25, -0.2) is 4.68 Å². The number of hydrogen-bond acceptors (Lipinski definition) is 5. The number of benzene rings is 1. The van der Waals surface area contributed by atoms with Gasteiger partial charge in [-0.1, -0.05) is 28.1 Å². The fourth-order valence-corrected chi connectivity index (χ4v) is 3.42. The van der Waals surface area contributed by atoms with E-state index < -0.39 is 0 Å². The van der Waals surface area contributed by atoms with E-state index in [1.165, 1.54) is 5.56 Å². The van der Waals surface area contributed by atoms with E-state index in [9.17, 15) is 0 Å².